The molecular weight excluding hydrogens is 325 g/mol. The molecule has 90 valence electrons. The highest BCUT2D eigenvalue weighted by atomic mass is 127. The zero-order chi connectivity index (χ0) is 12.4. The second kappa shape index (κ2) is 5.08. The van der Waals surface area contributed by atoms with E-state index in [0.717, 1.165) is 11.4 Å². The number of hydrogen-bond donors (Lipinski definition) is 1. The molecule has 0 amide bonds. The molecule has 4 heteroatoms. The first-order chi connectivity index (χ1) is 8.06. The normalized spacial score (nSPS) is 12.5. The first kappa shape index (κ1) is 12.4. The van der Waals surface area contributed by atoms with Gasteiger partial charge in [0.15, 0.2) is 0 Å². The van der Waals surface area contributed by atoms with Gasteiger partial charge in [0.1, 0.15) is 0 Å². The maximum atomic E-state index is 4.36. The van der Waals surface area contributed by atoms with Gasteiger partial charge in [0.2, 0.25) is 0 Å². The topological polar surface area (TPSA) is 29.9 Å². The predicted molar refractivity (Wildman–Crippen MR) is 79.1 cm³/mol. The zero-order valence-corrected chi connectivity index (χ0v) is 12.4. The lowest BCUT2D eigenvalue weighted by Gasteiger charge is -2.14. The van der Waals surface area contributed by atoms with Crippen LogP contribution in [-0.2, 0) is 7.05 Å². The van der Waals surface area contributed by atoms with Gasteiger partial charge in [-0.15, -0.1) is 0 Å². The molecular formula is C13H16IN3. The summed E-state index contributed by atoms with van der Waals surface area (Å²) in [5, 5.41) is 7.85. The van der Waals surface area contributed by atoms with Crippen LogP contribution in [0.5, 0.6) is 0 Å². The maximum Gasteiger partial charge on any atom is 0.0646 e. The van der Waals surface area contributed by atoms with E-state index in [9.17, 15) is 0 Å². The first-order valence-electron chi connectivity index (χ1n) is 5.58. The molecule has 3 nitrogen and oxygen atoms in total. The first-order valence-corrected chi connectivity index (χ1v) is 6.66. The number of anilines is 1. The molecule has 1 unspecified atom stereocenters. The van der Waals surface area contributed by atoms with Gasteiger partial charge in [0, 0.05) is 28.1 Å². The van der Waals surface area contributed by atoms with Crippen LogP contribution in [0.2, 0.25) is 0 Å². The minimum atomic E-state index is 0.267. The van der Waals surface area contributed by atoms with Crippen LogP contribution in [0.25, 0.3) is 0 Å². The van der Waals surface area contributed by atoms with Crippen molar-refractivity contribution in [2.75, 3.05) is 5.32 Å². The molecule has 2 rings (SSSR count). The highest BCUT2D eigenvalue weighted by Gasteiger charge is 2.11. The van der Waals surface area contributed by atoms with Crippen LogP contribution in [0.4, 0.5) is 5.69 Å². The fraction of sp³-hybridized carbons (Fsp3) is 0.308. The third kappa shape index (κ3) is 3.00. The number of nitrogens with one attached hydrogen (secondary N) is 1. The van der Waals surface area contributed by atoms with Gasteiger partial charge in [-0.3, -0.25) is 4.68 Å². The van der Waals surface area contributed by atoms with Crippen LogP contribution >= 0.6 is 22.6 Å². The van der Waals surface area contributed by atoms with Gasteiger partial charge in [-0.05, 0) is 60.7 Å². The quantitative estimate of drug-likeness (QED) is 0.866. The molecule has 0 spiro atoms. The van der Waals surface area contributed by atoms with Gasteiger partial charge in [0.05, 0.1) is 11.7 Å². The Bertz CT molecular complexity index is 502. The molecule has 1 aromatic carbocycles. The molecule has 0 saturated heterocycles. The van der Waals surface area contributed by atoms with Crippen molar-refractivity contribution in [3.8, 4) is 0 Å². The van der Waals surface area contributed by atoms with Crippen molar-refractivity contribution in [1.29, 1.82) is 0 Å². The van der Waals surface area contributed by atoms with E-state index in [1.807, 2.05) is 18.7 Å². The highest BCUT2D eigenvalue weighted by Crippen LogP contribution is 2.21. The summed E-state index contributed by atoms with van der Waals surface area (Å²) < 4.78 is 3.11. The average Bonchev–Trinajstić information content (AvgIpc) is 2.61. The van der Waals surface area contributed by atoms with Gasteiger partial charge in [-0.2, -0.15) is 5.10 Å². The van der Waals surface area contributed by atoms with E-state index in [2.05, 4.69) is 70.4 Å². The number of hydrogen-bond acceptors (Lipinski definition) is 2. The Balaban J connectivity index is 2.14. The summed E-state index contributed by atoms with van der Waals surface area (Å²) in [6, 6.07) is 8.68. The van der Waals surface area contributed by atoms with Crippen LogP contribution in [0.3, 0.4) is 0 Å². The van der Waals surface area contributed by atoms with E-state index >= 15 is 0 Å². The Morgan fingerprint density at radius 3 is 2.47 bits per heavy atom. The number of aryl methyl sites for hydroxylation is 2. The number of halogens is 1. The summed E-state index contributed by atoms with van der Waals surface area (Å²) in [7, 11) is 1.95. The lowest BCUT2D eigenvalue weighted by molar-refractivity contribution is 0.756. The van der Waals surface area contributed by atoms with Gasteiger partial charge >= 0.3 is 0 Å². The molecule has 0 saturated carbocycles. The molecule has 1 N–H and O–H groups in total. The standard InChI is InChI=1S/C13H16IN3/c1-9(13-8-17(3)16-10(13)2)15-12-6-4-11(14)5-7-12/h4-9,15H,1-3H3. The van der Waals surface area contributed by atoms with Crippen LogP contribution in [0.15, 0.2) is 30.5 Å². The van der Waals surface area contributed by atoms with Crippen molar-refractivity contribution >= 4 is 28.3 Å². The summed E-state index contributed by atoms with van der Waals surface area (Å²) in [6.45, 7) is 4.20. The SMILES string of the molecule is Cc1nn(C)cc1C(C)Nc1ccc(I)cc1. The van der Waals surface area contributed by atoms with Gasteiger partial charge in [0.25, 0.3) is 0 Å². The van der Waals surface area contributed by atoms with E-state index < -0.39 is 0 Å². The highest BCUT2D eigenvalue weighted by molar-refractivity contribution is 14.1. The fourth-order valence-electron chi connectivity index (χ4n) is 1.92. The molecule has 0 aliphatic carbocycles. The van der Waals surface area contributed by atoms with E-state index in [0.29, 0.717) is 0 Å². The smallest absolute Gasteiger partial charge is 0.0646 e. The van der Waals surface area contributed by atoms with Crippen molar-refractivity contribution < 1.29 is 0 Å². The van der Waals surface area contributed by atoms with Crippen molar-refractivity contribution in [3.63, 3.8) is 0 Å². The predicted octanol–water partition coefficient (Wildman–Crippen LogP) is 3.51. The lowest BCUT2D eigenvalue weighted by Crippen LogP contribution is -2.06. The van der Waals surface area contributed by atoms with Crippen LogP contribution in [0, 0.1) is 10.5 Å². The summed E-state index contributed by atoms with van der Waals surface area (Å²) in [6.07, 6.45) is 2.07. The van der Waals surface area contributed by atoms with Crippen molar-refractivity contribution in [3.05, 3.63) is 45.3 Å². The van der Waals surface area contributed by atoms with Gasteiger partial charge in [-0.1, -0.05) is 0 Å². The van der Waals surface area contributed by atoms with Gasteiger partial charge < -0.3 is 5.32 Å². The zero-order valence-electron chi connectivity index (χ0n) is 10.2. The molecule has 0 aliphatic heterocycles. The van der Waals surface area contributed by atoms with E-state index in [-0.39, 0.29) is 6.04 Å². The molecule has 0 fully saturated rings. The third-order valence-corrected chi connectivity index (χ3v) is 3.46. The summed E-state index contributed by atoms with van der Waals surface area (Å²) >= 11 is 2.31. The number of benzene rings is 1. The van der Waals surface area contributed by atoms with E-state index in [1.54, 1.807) is 0 Å². The van der Waals surface area contributed by atoms with Gasteiger partial charge in [-0.25, -0.2) is 0 Å². The second-order valence-electron chi connectivity index (χ2n) is 4.22. The third-order valence-electron chi connectivity index (χ3n) is 2.75. The fourth-order valence-corrected chi connectivity index (χ4v) is 2.28. The van der Waals surface area contributed by atoms with E-state index in [1.165, 1.54) is 9.13 Å². The Labute approximate surface area is 115 Å². The summed E-state index contributed by atoms with van der Waals surface area (Å²) in [5.74, 6) is 0. The Morgan fingerprint density at radius 1 is 1.29 bits per heavy atom. The molecule has 1 atom stereocenters. The Kier molecular flexibility index (Phi) is 3.71. The molecule has 0 bridgehead atoms. The second-order valence-corrected chi connectivity index (χ2v) is 5.46. The van der Waals surface area contributed by atoms with Crippen LogP contribution < -0.4 is 5.32 Å². The molecule has 1 aromatic heterocycles. The molecule has 0 aliphatic rings. The van der Waals surface area contributed by atoms with Crippen LogP contribution in [-0.4, -0.2) is 9.78 Å². The monoisotopic (exact) mass is 341 g/mol. The molecule has 0 radical (unpaired) electrons. The summed E-state index contributed by atoms with van der Waals surface area (Å²) in [5.41, 5.74) is 3.46. The molecule has 2 aromatic rings. The lowest BCUT2D eigenvalue weighted by atomic mass is 10.1. The minimum Gasteiger partial charge on any atom is -0.378 e. The van der Waals surface area contributed by atoms with Crippen molar-refractivity contribution in [1.82, 2.24) is 9.78 Å². The number of nitrogens with zero attached hydrogens (tertiary/aromatic N) is 2. The van der Waals surface area contributed by atoms with Crippen molar-refractivity contribution in [2.45, 2.75) is 19.9 Å². The summed E-state index contributed by atoms with van der Waals surface area (Å²) in [4.78, 5) is 0. The Hall–Kier alpha value is -1.04. The van der Waals surface area contributed by atoms with E-state index in [4.69, 9.17) is 0 Å². The largest absolute Gasteiger partial charge is 0.378 e. The maximum absolute atomic E-state index is 4.36. The van der Waals surface area contributed by atoms with Crippen LogP contribution in [0.1, 0.15) is 24.2 Å². The van der Waals surface area contributed by atoms with Crippen molar-refractivity contribution in [2.24, 2.45) is 7.05 Å². The number of rotatable bonds is 3. The molecule has 1 heterocycles. The number of aromatic nitrogens is 2. The average molecular weight is 341 g/mol. The Morgan fingerprint density at radius 2 is 1.94 bits per heavy atom. The molecule has 17 heavy (non-hydrogen) atoms. The minimum absolute atomic E-state index is 0.267.